The molecule has 0 unspecified atom stereocenters. The predicted molar refractivity (Wildman–Crippen MR) is 91.4 cm³/mol. The number of nitrogens with zero attached hydrogens (tertiary/aromatic N) is 2. The van der Waals surface area contributed by atoms with Crippen LogP contribution in [0.5, 0.6) is 0 Å². The first-order valence-electron chi connectivity index (χ1n) is 7.87. The molecule has 1 aliphatic heterocycles. The number of benzene rings is 1. The van der Waals surface area contributed by atoms with Crippen molar-refractivity contribution in [3.63, 3.8) is 0 Å². The summed E-state index contributed by atoms with van der Waals surface area (Å²) in [4.78, 5) is 21.3. The third-order valence-corrected chi connectivity index (χ3v) is 4.20. The molecule has 5 heteroatoms. The summed E-state index contributed by atoms with van der Waals surface area (Å²) in [6.07, 6.45) is 3.51. The van der Waals surface area contributed by atoms with E-state index in [4.69, 9.17) is 0 Å². The summed E-state index contributed by atoms with van der Waals surface area (Å²) in [5.41, 5.74) is 3.04. The van der Waals surface area contributed by atoms with Gasteiger partial charge in [-0.1, -0.05) is 12.1 Å². The van der Waals surface area contributed by atoms with Crippen LogP contribution in [0.4, 0.5) is 11.5 Å². The standard InChI is InChI=1S/C18H18N4O/c23-17-2-1-11-22(17)15-6-3-13(4-7-15)12-20-16-8-5-14-9-10-19-18(14)21-16/h3-10H,1-2,11-12H2,(H2,19,20,21). The first-order valence-corrected chi connectivity index (χ1v) is 7.87. The predicted octanol–water partition coefficient (Wildman–Crippen LogP) is 3.30. The average Bonchev–Trinajstić information content (AvgIpc) is 3.21. The Labute approximate surface area is 134 Å². The summed E-state index contributed by atoms with van der Waals surface area (Å²) in [6, 6.07) is 14.2. The van der Waals surface area contributed by atoms with Gasteiger partial charge < -0.3 is 15.2 Å². The highest BCUT2D eigenvalue weighted by Crippen LogP contribution is 2.22. The van der Waals surface area contributed by atoms with Crippen LogP contribution in [-0.4, -0.2) is 22.4 Å². The molecule has 0 bridgehead atoms. The van der Waals surface area contributed by atoms with Gasteiger partial charge in [-0.15, -0.1) is 0 Å². The molecule has 0 saturated carbocycles. The molecule has 2 N–H and O–H groups in total. The van der Waals surface area contributed by atoms with Crippen LogP contribution in [0.2, 0.25) is 0 Å². The number of amides is 1. The Morgan fingerprint density at radius 2 is 2.00 bits per heavy atom. The van der Waals surface area contributed by atoms with Gasteiger partial charge in [-0.25, -0.2) is 4.98 Å². The van der Waals surface area contributed by atoms with Crippen molar-refractivity contribution in [2.45, 2.75) is 19.4 Å². The maximum atomic E-state index is 11.8. The molecule has 0 aliphatic carbocycles. The van der Waals surface area contributed by atoms with E-state index in [1.807, 2.05) is 41.4 Å². The number of pyridine rings is 1. The normalized spacial score (nSPS) is 14.6. The molecule has 1 amide bonds. The molecule has 116 valence electrons. The monoisotopic (exact) mass is 306 g/mol. The minimum atomic E-state index is 0.222. The molecule has 3 aromatic rings. The zero-order valence-electron chi connectivity index (χ0n) is 12.7. The van der Waals surface area contributed by atoms with Crippen molar-refractivity contribution in [3.05, 3.63) is 54.2 Å². The maximum absolute atomic E-state index is 11.8. The fourth-order valence-corrected chi connectivity index (χ4v) is 2.94. The number of H-pyrrole nitrogens is 1. The lowest BCUT2D eigenvalue weighted by atomic mass is 10.2. The van der Waals surface area contributed by atoms with Crippen molar-refractivity contribution in [2.75, 3.05) is 16.8 Å². The Bertz CT molecular complexity index is 838. The van der Waals surface area contributed by atoms with Crippen LogP contribution >= 0.6 is 0 Å². The Balaban J connectivity index is 1.43. The topological polar surface area (TPSA) is 61.0 Å². The number of aromatic nitrogens is 2. The summed E-state index contributed by atoms with van der Waals surface area (Å²) < 4.78 is 0. The van der Waals surface area contributed by atoms with Crippen LogP contribution in [0.25, 0.3) is 11.0 Å². The summed E-state index contributed by atoms with van der Waals surface area (Å²) in [5, 5.41) is 4.44. The van der Waals surface area contributed by atoms with Crippen molar-refractivity contribution in [1.82, 2.24) is 9.97 Å². The lowest BCUT2D eigenvalue weighted by Crippen LogP contribution is -2.23. The second kappa shape index (κ2) is 5.76. The Morgan fingerprint density at radius 3 is 2.78 bits per heavy atom. The van der Waals surface area contributed by atoms with Gasteiger partial charge in [0.1, 0.15) is 11.5 Å². The molecule has 1 fully saturated rings. The third-order valence-electron chi connectivity index (χ3n) is 4.20. The zero-order chi connectivity index (χ0) is 15.6. The van der Waals surface area contributed by atoms with Gasteiger partial charge in [0.2, 0.25) is 5.91 Å². The van der Waals surface area contributed by atoms with Crippen LogP contribution < -0.4 is 10.2 Å². The summed E-state index contributed by atoms with van der Waals surface area (Å²) in [7, 11) is 0. The molecular formula is C18H18N4O. The minimum absolute atomic E-state index is 0.222. The van der Waals surface area contributed by atoms with E-state index in [0.29, 0.717) is 13.0 Å². The summed E-state index contributed by atoms with van der Waals surface area (Å²) >= 11 is 0. The smallest absolute Gasteiger partial charge is 0.227 e. The van der Waals surface area contributed by atoms with Crippen molar-refractivity contribution in [1.29, 1.82) is 0 Å². The quantitative estimate of drug-likeness (QED) is 0.777. The minimum Gasteiger partial charge on any atom is -0.366 e. The van der Waals surface area contributed by atoms with E-state index in [1.54, 1.807) is 0 Å². The van der Waals surface area contributed by atoms with E-state index in [2.05, 4.69) is 27.4 Å². The van der Waals surface area contributed by atoms with Gasteiger partial charge in [0.25, 0.3) is 0 Å². The number of hydrogen-bond acceptors (Lipinski definition) is 3. The summed E-state index contributed by atoms with van der Waals surface area (Å²) in [6.45, 7) is 1.53. The number of carbonyl (C=O) groups is 1. The maximum Gasteiger partial charge on any atom is 0.227 e. The number of rotatable bonds is 4. The van der Waals surface area contributed by atoms with E-state index in [1.165, 1.54) is 0 Å². The fourth-order valence-electron chi connectivity index (χ4n) is 2.94. The van der Waals surface area contributed by atoms with Gasteiger partial charge in [-0.3, -0.25) is 4.79 Å². The highest BCUT2D eigenvalue weighted by Gasteiger charge is 2.21. The third kappa shape index (κ3) is 2.77. The number of aromatic amines is 1. The number of anilines is 2. The lowest BCUT2D eigenvalue weighted by Gasteiger charge is -2.16. The van der Waals surface area contributed by atoms with E-state index >= 15 is 0 Å². The average molecular weight is 306 g/mol. The molecule has 1 saturated heterocycles. The van der Waals surface area contributed by atoms with Crippen molar-refractivity contribution in [3.8, 4) is 0 Å². The molecule has 0 spiro atoms. The molecule has 4 rings (SSSR count). The van der Waals surface area contributed by atoms with Crippen LogP contribution in [0.15, 0.2) is 48.7 Å². The number of fused-ring (bicyclic) bond motifs is 1. The van der Waals surface area contributed by atoms with Gasteiger partial charge in [0.15, 0.2) is 0 Å². The van der Waals surface area contributed by atoms with Crippen LogP contribution in [0.3, 0.4) is 0 Å². The molecule has 0 atom stereocenters. The van der Waals surface area contributed by atoms with Crippen molar-refractivity contribution < 1.29 is 4.79 Å². The largest absolute Gasteiger partial charge is 0.366 e. The van der Waals surface area contributed by atoms with Crippen LogP contribution in [0.1, 0.15) is 18.4 Å². The Morgan fingerprint density at radius 1 is 1.13 bits per heavy atom. The highest BCUT2D eigenvalue weighted by molar-refractivity contribution is 5.95. The number of carbonyl (C=O) groups excluding carboxylic acids is 1. The first kappa shape index (κ1) is 13.8. The molecule has 2 aromatic heterocycles. The second-order valence-corrected chi connectivity index (χ2v) is 5.78. The highest BCUT2D eigenvalue weighted by atomic mass is 16.2. The molecule has 5 nitrogen and oxygen atoms in total. The first-order chi connectivity index (χ1) is 11.3. The SMILES string of the molecule is O=C1CCCN1c1ccc(CNc2ccc3cc[nH]c3n2)cc1. The second-order valence-electron chi connectivity index (χ2n) is 5.78. The molecule has 1 aromatic carbocycles. The molecular weight excluding hydrogens is 288 g/mol. The fraction of sp³-hybridized carbons (Fsp3) is 0.222. The Hall–Kier alpha value is -2.82. The zero-order valence-corrected chi connectivity index (χ0v) is 12.7. The molecule has 0 radical (unpaired) electrons. The summed E-state index contributed by atoms with van der Waals surface area (Å²) in [5.74, 6) is 1.07. The van der Waals surface area contributed by atoms with Gasteiger partial charge in [0.05, 0.1) is 0 Å². The van der Waals surface area contributed by atoms with Gasteiger partial charge >= 0.3 is 0 Å². The number of hydrogen-bond donors (Lipinski definition) is 2. The van der Waals surface area contributed by atoms with Gasteiger partial charge in [-0.05, 0) is 42.3 Å². The van der Waals surface area contributed by atoms with E-state index < -0.39 is 0 Å². The molecule has 23 heavy (non-hydrogen) atoms. The molecule has 1 aliphatic rings. The van der Waals surface area contributed by atoms with Gasteiger partial charge in [-0.2, -0.15) is 0 Å². The van der Waals surface area contributed by atoms with E-state index in [0.717, 1.165) is 41.1 Å². The molecule has 3 heterocycles. The van der Waals surface area contributed by atoms with Crippen LogP contribution in [-0.2, 0) is 11.3 Å². The van der Waals surface area contributed by atoms with Crippen LogP contribution in [0, 0.1) is 0 Å². The number of nitrogens with one attached hydrogen (secondary N) is 2. The van der Waals surface area contributed by atoms with Gasteiger partial charge in [0, 0.05) is 36.8 Å². The van der Waals surface area contributed by atoms with E-state index in [9.17, 15) is 4.79 Å². The lowest BCUT2D eigenvalue weighted by molar-refractivity contribution is -0.117. The Kier molecular flexibility index (Phi) is 3.46. The van der Waals surface area contributed by atoms with E-state index in [-0.39, 0.29) is 5.91 Å². The van der Waals surface area contributed by atoms with Crippen molar-refractivity contribution >= 4 is 28.4 Å². The van der Waals surface area contributed by atoms with Crippen molar-refractivity contribution in [2.24, 2.45) is 0 Å².